The van der Waals surface area contributed by atoms with Gasteiger partial charge in [-0.25, -0.2) is 0 Å². The van der Waals surface area contributed by atoms with Crippen LogP contribution in [0, 0.1) is 22.7 Å². The van der Waals surface area contributed by atoms with Gasteiger partial charge in [-0.15, -0.1) is 0 Å². The molecule has 0 unspecified atom stereocenters. The van der Waals surface area contributed by atoms with Crippen molar-refractivity contribution in [1.82, 2.24) is 0 Å². The minimum Gasteiger partial charge on any atom is -0.481 e. The fourth-order valence-electron chi connectivity index (χ4n) is 3.30. The second kappa shape index (κ2) is 4.38. The Morgan fingerprint density at radius 1 is 1.00 bits per heavy atom. The first-order valence-electron chi connectivity index (χ1n) is 6.48. The summed E-state index contributed by atoms with van der Waals surface area (Å²) in [5.41, 5.74) is -0.123. The fourth-order valence-corrected chi connectivity index (χ4v) is 3.30. The summed E-state index contributed by atoms with van der Waals surface area (Å²) in [6, 6.07) is 0. The maximum Gasteiger partial charge on any atom is 0.309 e. The minimum absolute atomic E-state index is 0.356. The number of aliphatic carboxylic acids is 1. The van der Waals surface area contributed by atoms with E-state index in [0.717, 1.165) is 25.7 Å². The molecule has 94 valence electrons. The minimum atomic E-state index is -0.617. The molecule has 0 bridgehead atoms. The highest BCUT2D eigenvalue weighted by Crippen LogP contribution is 2.53. The second-order valence-corrected chi connectivity index (χ2v) is 6.41. The van der Waals surface area contributed by atoms with E-state index in [4.69, 9.17) is 0 Å². The van der Waals surface area contributed by atoms with Crippen molar-refractivity contribution in [2.45, 2.75) is 60.3 Å². The number of rotatable bonds is 3. The van der Waals surface area contributed by atoms with E-state index in [0.29, 0.717) is 17.3 Å². The van der Waals surface area contributed by atoms with E-state index in [2.05, 4.69) is 27.7 Å². The zero-order chi connectivity index (χ0) is 12.6. The summed E-state index contributed by atoms with van der Waals surface area (Å²) >= 11 is 0. The summed E-state index contributed by atoms with van der Waals surface area (Å²) in [5.74, 6) is 0.672. The van der Waals surface area contributed by atoms with Gasteiger partial charge < -0.3 is 5.11 Å². The molecule has 0 radical (unpaired) electrons. The van der Waals surface area contributed by atoms with Crippen molar-refractivity contribution in [2.24, 2.45) is 22.7 Å². The van der Waals surface area contributed by atoms with E-state index in [1.165, 1.54) is 0 Å². The van der Waals surface area contributed by atoms with E-state index in [1.54, 1.807) is 0 Å². The zero-order valence-electron chi connectivity index (χ0n) is 11.3. The molecule has 1 rings (SSSR count). The van der Waals surface area contributed by atoms with Crippen LogP contribution in [0.15, 0.2) is 0 Å². The smallest absolute Gasteiger partial charge is 0.309 e. The highest BCUT2D eigenvalue weighted by Gasteiger charge is 2.46. The molecule has 0 atom stereocenters. The monoisotopic (exact) mass is 226 g/mol. The van der Waals surface area contributed by atoms with Crippen LogP contribution < -0.4 is 0 Å². The Kier molecular flexibility index (Phi) is 3.71. The Balaban J connectivity index is 2.82. The van der Waals surface area contributed by atoms with Crippen molar-refractivity contribution in [3.63, 3.8) is 0 Å². The van der Waals surface area contributed by atoms with Crippen LogP contribution in [0.4, 0.5) is 0 Å². The highest BCUT2D eigenvalue weighted by molar-refractivity contribution is 5.74. The topological polar surface area (TPSA) is 37.3 Å². The van der Waals surface area contributed by atoms with Crippen LogP contribution in [0.2, 0.25) is 0 Å². The van der Waals surface area contributed by atoms with Crippen molar-refractivity contribution < 1.29 is 9.90 Å². The van der Waals surface area contributed by atoms with Crippen LogP contribution in [-0.2, 0) is 4.79 Å². The Morgan fingerprint density at radius 3 is 1.62 bits per heavy atom. The number of carboxylic acid groups (broad SMARTS) is 1. The van der Waals surface area contributed by atoms with Crippen LogP contribution in [0.5, 0.6) is 0 Å². The van der Waals surface area contributed by atoms with Gasteiger partial charge in [-0.05, 0) is 49.9 Å². The zero-order valence-corrected chi connectivity index (χ0v) is 11.3. The average Bonchev–Trinajstić information content (AvgIpc) is 2.18. The molecule has 0 aromatic heterocycles. The molecule has 0 aromatic carbocycles. The molecule has 0 spiro atoms. The number of carbonyl (C=O) groups is 1. The summed E-state index contributed by atoms with van der Waals surface area (Å²) in [7, 11) is 0. The third-order valence-electron chi connectivity index (χ3n) is 5.10. The first-order chi connectivity index (χ1) is 7.24. The molecule has 2 nitrogen and oxygen atoms in total. The maximum absolute atomic E-state index is 11.2. The van der Waals surface area contributed by atoms with Gasteiger partial charge >= 0.3 is 5.97 Å². The quantitative estimate of drug-likeness (QED) is 0.791. The maximum atomic E-state index is 11.2. The third kappa shape index (κ3) is 2.11. The molecule has 16 heavy (non-hydrogen) atoms. The van der Waals surface area contributed by atoms with Crippen LogP contribution in [0.25, 0.3) is 0 Å². The van der Waals surface area contributed by atoms with Crippen molar-refractivity contribution in [1.29, 1.82) is 0 Å². The third-order valence-corrected chi connectivity index (χ3v) is 5.10. The van der Waals surface area contributed by atoms with Crippen LogP contribution in [0.3, 0.4) is 0 Å². The van der Waals surface area contributed by atoms with Gasteiger partial charge in [0.1, 0.15) is 0 Å². The van der Waals surface area contributed by atoms with Gasteiger partial charge in [-0.2, -0.15) is 0 Å². The normalized spacial score (nSPS) is 23.7. The van der Waals surface area contributed by atoms with Crippen LogP contribution in [0.1, 0.15) is 60.3 Å². The van der Waals surface area contributed by atoms with E-state index in [-0.39, 0.29) is 0 Å². The molecule has 0 amide bonds. The average molecular weight is 226 g/mol. The van der Waals surface area contributed by atoms with Crippen molar-refractivity contribution in [3.8, 4) is 0 Å². The van der Waals surface area contributed by atoms with Crippen LogP contribution >= 0.6 is 0 Å². The van der Waals surface area contributed by atoms with Gasteiger partial charge in [0, 0.05) is 0 Å². The molecule has 1 aliphatic rings. The predicted octanol–water partition coefficient (Wildman–Crippen LogP) is 3.95. The Labute approximate surface area is 99.4 Å². The molecule has 0 heterocycles. The van der Waals surface area contributed by atoms with E-state index in [1.807, 2.05) is 6.92 Å². The first kappa shape index (κ1) is 13.5. The molecule has 1 saturated carbocycles. The van der Waals surface area contributed by atoms with Crippen LogP contribution in [-0.4, -0.2) is 11.1 Å². The Hall–Kier alpha value is -0.530. The fraction of sp³-hybridized carbons (Fsp3) is 0.929. The molecule has 1 aliphatic carbocycles. The molecular weight excluding hydrogens is 200 g/mol. The molecular formula is C14H26O2. The van der Waals surface area contributed by atoms with Crippen molar-refractivity contribution in [2.75, 3.05) is 0 Å². The molecule has 1 N–H and O–H groups in total. The molecule has 0 saturated heterocycles. The number of hydrogen-bond acceptors (Lipinski definition) is 1. The van der Waals surface area contributed by atoms with E-state index < -0.39 is 11.4 Å². The molecule has 0 aromatic rings. The summed E-state index contributed by atoms with van der Waals surface area (Å²) in [5, 5.41) is 9.24. The molecule has 2 heteroatoms. The van der Waals surface area contributed by atoms with Gasteiger partial charge in [0.15, 0.2) is 0 Å². The first-order valence-corrected chi connectivity index (χ1v) is 6.48. The molecule has 0 aliphatic heterocycles. The van der Waals surface area contributed by atoms with E-state index in [9.17, 15) is 9.90 Å². The molecule has 1 fully saturated rings. The summed E-state index contributed by atoms with van der Waals surface area (Å²) in [4.78, 5) is 11.2. The summed E-state index contributed by atoms with van der Waals surface area (Å²) in [6.45, 7) is 11.0. The standard InChI is InChI=1S/C14H26O2/c1-10(2)14(11(3)4)8-6-13(5,7-9-14)12(15)16/h10-11H,6-9H2,1-5H3,(H,15,16). The lowest BCUT2D eigenvalue weighted by molar-refractivity contribution is -0.152. The number of hydrogen-bond donors (Lipinski definition) is 1. The predicted molar refractivity (Wildman–Crippen MR) is 66.3 cm³/mol. The Morgan fingerprint density at radius 2 is 1.38 bits per heavy atom. The van der Waals surface area contributed by atoms with Gasteiger partial charge in [0.2, 0.25) is 0 Å². The summed E-state index contributed by atoms with van der Waals surface area (Å²) < 4.78 is 0. The van der Waals surface area contributed by atoms with Gasteiger partial charge in [-0.1, -0.05) is 27.7 Å². The second-order valence-electron chi connectivity index (χ2n) is 6.41. The largest absolute Gasteiger partial charge is 0.481 e. The lowest BCUT2D eigenvalue weighted by Gasteiger charge is -2.48. The lowest BCUT2D eigenvalue weighted by Crippen LogP contribution is -2.42. The van der Waals surface area contributed by atoms with E-state index >= 15 is 0 Å². The highest BCUT2D eigenvalue weighted by atomic mass is 16.4. The Bertz CT molecular complexity index is 248. The van der Waals surface area contributed by atoms with Crippen molar-refractivity contribution >= 4 is 5.97 Å². The van der Waals surface area contributed by atoms with Gasteiger partial charge in [0.05, 0.1) is 5.41 Å². The SMILES string of the molecule is CC(C)C1(C(C)C)CCC(C)(C(=O)O)CC1. The van der Waals surface area contributed by atoms with Gasteiger partial charge in [0.25, 0.3) is 0 Å². The lowest BCUT2D eigenvalue weighted by atomic mass is 9.56. The van der Waals surface area contributed by atoms with Crippen molar-refractivity contribution in [3.05, 3.63) is 0 Å². The number of carboxylic acids is 1. The van der Waals surface area contributed by atoms with Gasteiger partial charge in [-0.3, -0.25) is 4.79 Å². The summed E-state index contributed by atoms with van der Waals surface area (Å²) in [6.07, 6.45) is 3.79.